The van der Waals surface area contributed by atoms with E-state index in [-0.39, 0.29) is 12.0 Å². The lowest BCUT2D eigenvalue weighted by molar-refractivity contribution is 0.0497. The van der Waals surface area contributed by atoms with Crippen molar-refractivity contribution in [2.24, 2.45) is 5.92 Å². The summed E-state index contributed by atoms with van der Waals surface area (Å²) in [4.78, 5) is 11.9. The highest BCUT2D eigenvalue weighted by Gasteiger charge is 2.30. The highest BCUT2D eigenvalue weighted by atomic mass is 16.6. The number of aromatic hydroxyl groups is 1. The second-order valence-corrected chi connectivity index (χ2v) is 6.50. The molecule has 116 valence electrons. The van der Waals surface area contributed by atoms with Crippen LogP contribution in [0.3, 0.4) is 0 Å². The zero-order valence-electron chi connectivity index (χ0n) is 12.8. The molecule has 2 rings (SSSR count). The molecule has 5 nitrogen and oxygen atoms in total. The summed E-state index contributed by atoms with van der Waals surface area (Å²) < 4.78 is 5.29. The van der Waals surface area contributed by atoms with E-state index in [2.05, 4.69) is 10.6 Å². The van der Waals surface area contributed by atoms with E-state index in [1.54, 1.807) is 6.07 Å². The Labute approximate surface area is 125 Å². The molecule has 1 aliphatic heterocycles. The summed E-state index contributed by atoms with van der Waals surface area (Å²) >= 11 is 0. The van der Waals surface area contributed by atoms with E-state index in [4.69, 9.17) is 4.74 Å². The Morgan fingerprint density at radius 2 is 2.10 bits per heavy atom. The Morgan fingerprint density at radius 1 is 1.38 bits per heavy atom. The van der Waals surface area contributed by atoms with Crippen LogP contribution in [0.4, 0.5) is 4.79 Å². The fraction of sp³-hybridized carbons (Fsp3) is 0.562. The van der Waals surface area contributed by atoms with Gasteiger partial charge in [-0.05, 0) is 44.7 Å². The van der Waals surface area contributed by atoms with Crippen LogP contribution in [0.2, 0.25) is 0 Å². The topological polar surface area (TPSA) is 70.6 Å². The second kappa shape index (κ2) is 6.35. The van der Waals surface area contributed by atoms with Crippen molar-refractivity contribution in [3.63, 3.8) is 0 Å². The molecule has 3 N–H and O–H groups in total. The molecule has 0 aromatic heterocycles. The number of benzene rings is 1. The number of nitrogens with one attached hydrogen (secondary N) is 2. The van der Waals surface area contributed by atoms with Crippen molar-refractivity contribution in [1.29, 1.82) is 0 Å². The van der Waals surface area contributed by atoms with Crippen LogP contribution in [0, 0.1) is 5.92 Å². The molecule has 2 atom stereocenters. The largest absolute Gasteiger partial charge is 0.508 e. The van der Waals surface area contributed by atoms with Crippen LogP contribution in [0.1, 0.15) is 26.3 Å². The minimum absolute atomic E-state index is 0.0134. The van der Waals surface area contributed by atoms with E-state index in [1.165, 1.54) is 0 Å². The number of carbonyl (C=O) groups is 1. The maximum atomic E-state index is 11.9. The molecule has 0 radical (unpaired) electrons. The molecule has 0 aliphatic carbocycles. The fourth-order valence-corrected chi connectivity index (χ4v) is 2.54. The third kappa shape index (κ3) is 4.63. The molecule has 2 unspecified atom stereocenters. The van der Waals surface area contributed by atoms with Crippen molar-refractivity contribution in [3.05, 3.63) is 29.8 Å². The van der Waals surface area contributed by atoms with Gasteiger partial charge >= 0.3 is 6.09 Å². The minimum Gasteiger partial charge on any atom is -0.508 e. The van der Waals surface area contributed by atoms with E-state index in [9.17, 15) is 9.90 Å². The summed E-state index contributed by atoms with van der Waals surface area (Å²) in [5.41, 5.74) is 0.408. The summed E-state index contributed by atoms with van der Waals surface area (Å²) in [6, 6.07) is 7.33. The van der Waals surface area contributed by atoms with Crippen LogP contribution >= 0.6 is 0 Å². The normalized spacial score (nSPS) is 22.0. The molecule has 21 heavy (non-hydrogen) atoms. The van der Waals surface area contributed by atoms with Crippen molar-refractivity contribution < 1.29 is 14.6 Å². The van der Waals surface area contributed by atoms with Crippen LogP contribution in [0.5, 0.6) is 5.75 Å². The minimum atomic E-state index is -0.497. The SMILES string of the molecule is CC(C)(C)OC(=O)NC1CNCC1Cc1ccccc1O. The number of alkyl carbamates (subject to hydrolysis) is 1. The predicted octanol–water partition coefficient (Wildman–Crippen LogP) is 2.05. The van der Waals surface area contributed by atoms with Gasteiger partial charge in [-0.1, -0.05) is 18.2 Å². The highest BCUT2D eigenvalue weighted by Crippen LogP contribution is 2.23. The van der Waals surface area contributed by atoms with Crippen LogP contribution < -0.4 is 10.6 Å². The van der Waals surface area contributed by atoms with Crippen LogP contribution in [-0.2, 0) is 11.2 Å². The van der Waals surface area contributed by atoms with Crippen LogP contribution in [0.25, 0.3) is 0 Å². The zero-order valence-corrected chi connectivity index (χ0v) is 12.8. The van der Waals surface area contributed by atoms with E-state index >= 15 is 0 Å². The van der Waals surface area contributed by atoms with E-state index < -0.39 is 11.7 Å². The van der Waals surface area contributed by atoms with Crippen molar-refractivity contribution in [2.45, 2.75) is 38.8 Å². The Bertz CT molecular complexity index is 497. The lowest BCUT2D eigenvalue weighted by Crippen LogP contribution is -2.43. The van der Waals surface area contributed by atoms with Gasteiger partial charge in [0.15, 0.2) is 0 Å². The molecule has 1 amide bonds. The first-order valence-electron chi connectivity index (χ1n) is 7.32. The van der Waals surface area contributed by atoms with Crippen molar-refractivity contribution in [2.75, 3.05) is 13.1 Å². The number of carbonyl (C=O) groups excluding carboxylic acids is 1. The second-order valence-electron chi connectivity index (χ2n) is 6.50. The quantitative estimate of drug-likeness (QED) is 0.797. The lowest BCUT2D eigenvalue weighted by Gasteiger charge is -2.24. The summed E-state index contributed by atoms with van der Waals surface area (Å²) in [6.07, 6.45) is 0.332. The van der Waals surface area contributed by atoms with Crippen LogP contribution in [-0.4, -0.2) is 35.9 Å². The summed E-state index contributed by atoms with van der Waals surface area (Å²) in [7, 11) is 0. The highest BCUT2D eigenvalue weighted by molar-refractivity contribution is 5.68. The maximum absolute atomic E-state index is 11.9. The predicted molar refractivity (Wildman–Crippen MR) is 81.3 cm³/mol. The molecular weight excluding hydrogens is 268 g/mol. The van der Waals surface area contributed by atoms with E-state index in [1.807, 2.05) is 39.0 Å². The van der Waals surface area contributed by atoms with Gasteiger partial charge in [-0.25, -0.2) is 4.79 Å². The number of ether oxygens (including phenoxy) is 1. The Hall–Kier alpha value is -1.75. The lowest BCUT2D eigenvalue weighted by atomic mass is 9.94. The van der Waals surface area contributed by atoms with Gasteiger partial charge in [-0.2, -0.15) is 0 Å². The van der Waals surface area contributed by atoms with Gasteiger partial charge in [0.1, 0.15) is 11.4 Å². The summed E-state index contributed by atoms with van der Waals surface area (Å²) in [5.74, 6) is 0.547. The smallest absolute Gasteiger partial charge is 0.407 e. The summed E-state index contributed by atoms with van der Waals surface area (Å²) in [6.45, 7) is 7.07. The molecule has 1 aromatic carbocycles. The Morgan fingerprint density at radius 3 is 2.76 bits per heavy atom. The molecule has 1 fully saturated rings. The number of hydrogen-bond donors (Lipinski definition) is 3. The molecule has 1 aromatic rings. The first kappa shape index (κ1) is 15.6. The first-order chi connectivity index (χ1) is 9.85. The van der Waals surface area contributed by atoms with Crippen molar-refractivity contribution in [1.82, 2.24) is 10.6 Å². The number of para-hydroxylation sites is 1. The molecule has 0 saturated carbocycles. The fourth-order valence-electron chi connectivity index (χ4n) is 2.54. The van der Waals surface area contributed by atoms with Gasteiger partial charge < -0.3 is 20.5 Å². The van der Waals surface area contributed by atoms with Crippen molar-refractivity contribution >= 4 is 6.09 Å². The monoisotopic (exact) mass is 292 g/mol. The molecule has 0 bridgehead atoms. The number of amides is 1. The van der Waals surface area contributed by atoms with E-state index in [0.29, 0.717) is 5.75 Å². The molecule has 5 heteroatoms. The van der Waals surface area contributed by atoms with Gasteiger partial charge in [-0.3, -0.25) is 0 Å². The third-order valence-electron chi connectivity index (χ3n) is 3.52. The van der Waals surface area contributed by atoms with Gasteiger partial charge in [-0.15, -0.1) is 0 Å². The molecule has 1 heterocycles. The first-order valence-corrected chi connectivity index (χ1v) is 7.32. The Balaban J connectivity index is 1.94. The number of rotatable bonds is 3. The van der Waals surface area contributed by atoms with Crippen molar-refractivity contribution in [3.8, 4) is 5.75 Å². The molecular formula is C16H24N2O3. The standard InChI is InChI=1S/C16H24N2O3/c1-16(2,3)21-15(20)18-13-10-17-9-12(13)8-11-6-4-5-7-14(11)19/h4-7,12-13,17,19H,8-10H2,1-3H3,(H,18,20). The third-order valence-corrected chi connectivity index (χ3v) is 3.52. The maximum Gasteiger partial charge on any atom is 0.407 e. The molecule has 0 spiro atoms. The Kier molecular flexibility index (Phi) is 4.73. The van der Waals surface area contributed by atoms with Gasteiger partial charge in [0.05, 0.1) is 0 Å². The van der Waals surface area contributed by atoms with Crippen LogP contribution in [0.15, 0.2) is 24.3 Å². The average molecular weight is 292 g/mol. The zero-order chi connectivity index (χ0) is 15.5. The van der Waals surface area contributed by atoms with Gasteiger partial charge in [0.2, 0.25) is 0 Å². The van der Waals surface area contributed by atoms with Gasteiger partial charge in [0, 0.05) is 19.1 Å². The van der Waals surface area contributed by atoms with E-state index in [0.717, 1.165) is 25.1 Å². The molecule has 1 saturated heterocycles. The number of phenols is 1. The summed E-state index contributed by atoms with van der Waals surface area (Å²) in [5, 5.41) is 16.1. The average Bonchev–Trinajstić information content (AvgIpc) is 2.77. The number of phenolic OH excluding ortho intramolecular Hbond substituents is 1. The molecule has 1 aliphatic rings. The van der Waals surface area contributed by atoms with Gasteiger partial charge in [0.25, 0.3) is 0 Å². The number of hydrogen-bond acceptors (Lipinski definition) is 4.